The van der Waals surface area contributed by atoms with Crippen LogP contribution in [-0.2, 0) is 22.6 Å². The first-order valence-corrected chi connectivity index (χ1v) is 12.6. The normalized spacial score (nSPS) is 16.5. The SMILES string of the molecule is CC(C(=O)NC1CCCCC1)N(Cc1ccccc1Cl)C(=O)CCc1ccc2c(c1)OCCO2. The Morgan fingerprint density at radius 1 is 1.06 bits per heavy atom. The molecule has 1 aliphatic heterocycles. The predicted octanol–water partition coefficient (Wildman–Crippen LogP) is 4.91. The number of aryl methyl sites for hydroxylation is 1. The fourth-order valence-electron chi connectivity index (χ4n) is 4.60. The molecule has 2 aliphatic rings. The molecule has 182 valence electrons. The van der Waals surface area contributed by atoms with Gasteiger partial charge in [0.05, 0.1) is 0 Å². The highest BCUT2D eigenvalue weighted by molar-refractivity contribution is 6.31. The highest BCUT2D eigenvalue weighted by atomic mass is 35.5. The Morgan fingerprint density at radius 2 is 1.79 bits per heavy atom. The number of carbonyl (C=O) groups is 2. The Labute approximate surface area is 206 Å². The lowest BCUT2D eigenvalue weighted by molar-refractivity contribution is -0.141. The third-order valence-electron chi connectivity index (χ3n) is 6.65. The number of carbonyl (C=O) groups excluding carboxylic acids is 2. The second-order valence-corrected chi connectivity index (χ2v) is 9.52. The van der Waals surface area contributed by atoms with Gasteiger partial charge in [-0.3, -0.25) is 9.59 Å². The van der Waals surface area contributed by atoms with E-state index in [0.717, 1.165) is 42.6 Å². The van der Waals surface area contributed by atoms with Crippen molar-refractivity contribution in [2.24, 2.45) is 0 Å². The van der Waals surface area contributed by atoms with E-state index in [1.165, 1.54) is 6.42 Å². The molecule has 1 unspecified atom stereocenters. The molecule has 1 fully saturated rings. The molecule has 1 saturated carbocycles. The van der Waals surface area contributed by atoms with Crippen LogP contribution in [0.5, 0.6) is 11.5 Å². The molecule has 1 N–H and O–H groups in total. The summed E-state index contributed by atoms with van der Waals surface area (Å²) >= 11 is 6.39. The van der Waals surface area contributed by atoms with Gasteiger partial charge in [0.1, 0.15) is 19.3 Å². The molecule has 2 aromatic carbocycles. The van der Waals surface area contributed by atoms with Crippen LogP contribution in [0.25, 0.3) is 0 Å². The number of halogens is 1. The van der Waals surface area contributed by atoms with Crippen molar-refractivity contribution in [3.05, 3.63) is 58.6 Å². The number of amides is 2. The van der Waals surface area contributed by atoms with Crippen LogP contribution in [0.4, 0.5) is 0 Å². The lowest BCUT2D eigenvalue weighted by atomic mass is 9.95. The maximum atomic E-state index is 13.4. The van der Waals surface area contributed by atoms with Crippen LogP contribution in [0, 0.1) is 0 Å². The van der Waals surface area contributed by atoms with Crippen LogP contribution in [0.15, 0.2) is 42.5 Å². The average Bonchev–Trinajstić information content (AvgIpc) is 2.87. The molecule has 6 nitrogen and oxygen atoms in total. The van der Waals surface area contributed by atoms with E-state index in [1.807, 2.05) is 42.5 Å². The molecule has 1 aliphatic carbocycles. The number of benzene rings is 2. The molecule has 4 rings (SSSR count). The van der Waals surface area contributed by atoms with Gasteiger partial charge in [0, 0.05) is 24.0 Å². The standard InChI is InChI=1S/C27H33ClN2O4/c1-19(27(32)29-22-8-3-2-4-9-22)30(18-21-7-5-6-10-23(21)28)26(31)14-12-20-11-13-24-25(17-20)34-16-15-33-24/h5-7,10-11,13,17,19,22H,2-4,8-9,12,14-16,18H2,1H3,(H,29,32). The molecule has 2 amide bonds. The Hall–Kier alpha value is -2.73. The minimum atomic E-state index is -0.592. The summed E-state index contributed by atoms with van der Waals surface area (Å²) in [6, 6.07) is 12.8. The quantitative estimate of drug-likeness (QED) is 0.578. The fourth-order valence-corrected chi connectivity index (χ4v) is 4.80. The highest BCUT2D eigenvalue weighted by Gasteiger charge is 2.28. The Morgan fingerprint density at radius 3 is 2.56 bits per heavy atom. The van der Waals surface area contributed by atoms with Gasteiger partial charge in [-0.1, -0.05) is 55.1 Å². The number of rotatable bonds is 8. The molecular weight excluding hydrogens is 452 g/mol. The summed E-state index contributed by atoms with van der Waals surface area (Å²) in [7, 11) is 0. The van der Waals surface area contributed by atoms with Crippen LogP contribution < -0.4 is 14.8 Å². The lowest BCUT2D eigenvalue weighted by Gasteiger charge is -2.31. The van der Waals surface area contributed by atoms with E-state index in [9.17, 15) is 9.59 Å². The Kier molecular flexibility index (Phi) is 8.33. The smallest absolute Gasteiger partial charge is 0.242 e. The van der Waals surface area contributed by atoms with E-state index in [1.54, 1.807) is 11.8 Å². The number of hydrogen-bond acceptors (Lipinski definition) is 4. The molecule has 7 heteroatoms. The van der Waals surface area contributed by atoms with E-state index in [4.69, 9.17) is 21.1 Å². The van der Waals surface area contributed by atoms with Crippen molar-refractivity contribution >= 4 is 23.4 Å². The number of ether oxygens (including phenoxy) is 2. The third-order valence-corrected chi connectivity index (χ3v) is 7.02. The van der Waals surface area contributed by atoms with Crippen LogP contribution in [0.2, 0.25) is 5.02 Å². The summed E-state index contributed by atoms with van der Waals surface area (Å²) in [6.45, 7) is 3.16. The molecule has 2 aromatic rings. The first kappa shape index (κ1) is 24.4. The Balaban J connectivity index is 1.45. The van der Waals surface area contributed by atoms with Gasteiger partial charge in [0.25, 0.3) is 0 Å². The van der Waals surface area contributed by atoms with Gasteiger partial charge in [-0.25, -0.2) is 0 Å². The molecule has 1 heterocycles. The zero-order valence-electron chi connectivity index (χ0n) is 19.7. The maximum Gasteiger partial charge on any atom is 0.242 e. The molecule has 0 saturated heterocycles. The third kappa shape index (κ3) is 6.23. The van der Waals surface area contributed by atoms with Gasteiger partial charge in [0.15, 0.2) is 11.5 Å². The monoisotopic (exact) mass is 484 g/mol. The first-order chi connectivity index (χ1) is 16.5. The van der Waals surface area contributed by atoms with Crippen LogP contribution in [0.3, 0.4) is 0 Å². The van der Waals surface area contributed by atoms with Crippen molar-refractivity contribution in [3.63, 3.8) is 0 Å². The van der Waals surface area contributed by atoms with Crippen molar-refractivity contribution in [1.82, 2.24) is 10.2 Å². The molecule has 34 heavy (non-hydrogen) atoms. The van der Waals surface area contributed by atoms with E-state index >= 15 is 0 Å². The maximum absolute atomic E-state index is 13.4. The van der Waals surface area contributed by atoms with Crippen LogP contribution in [0.1, 0.15) is 56.6 Å². The second-order valence-electron chi connectivity index (χ2n) is 9.11. The summed E-state index contributed by atoms with van der Waals surface area (Å²) in [6.07, 6.45) is 6.33. The molecule has 0 spiro atoms. The van der Waals surface area contributed by atoms with Crippen LogP contribution in [-0.4, -0.2) is 42.0 Å². The number of hydrogen-bond donors (Lipinski definition) is 1. The number of nitrogens with one attached hydrogen (secondary N) is 1. The minimum absolute atomic E-state index is 0.0823. The highest BCUT2D eigenvalue weighted by Crippen LogP contribution is 2.31. The number of nitrogens with zero attached hydrogens (tertiary/aromatic N) is 1. The molecule has 1 atom stereocenters. The fraction of sp³-hybridized carbons (Fsp3) is 0.481. The summed E-state index contributed by atoms with van der Waals surface area (Å²) in [5.74, 6) is 1.26. The van der Waals surface area contributed by atoms with Gasteiger partial charge in [-0.15, -0.1) is 0 Å². The summed E-state index contributed by atoms with van der Waals surface area (Å²) in [5, 5.41) is 3.76. The van der Waals surface area contributed by atoms with Crippen molar-refractivity contribution in [2.75, 3.05) is 13.2 Å². The zero-order valence-corrected chi connectivity index (χ0v) is 20.5. The minimum Gasteiger partial charge on any atom is -0.486 e. The van der Waals surface area contributed by atoms with Gasteiger partial charge >= 0.3 is 0 Å². The predicted molar refractivity (Wildman–Crippen MR) is 132 cm³/mol. The van der Waals surface area contributed by atoms with Crippen molar-refractivity contribution in [1.29, 1.82) is 0 Å². The molecule has 0 aromatic heterocycles. The zero-order chi connectivity index (χ0) is 23.9. The summed E-state index contributed by atoms with van der Waals surface area (Å²) in [4.78, 5) is 28.2. The van der Waals surface area contributed by atoms with Gasteiger partial charge in [-0.05, 0) is 55.5 Å². The van der Waals surface area contributed by atoms with Gasteiger partial charge < -0.3 is 19.7 Å². The lowest BCUT2D eigenvalue weighted by Crippen LogP contribution is -2.50. The van der Waals surface area contributed by atoms with E-state index < -0.39 is 6.04 Å². The Bertz CT molecular complexity index is 1010. The summed E-state index contributed by atoms with van der Waals surface area (Å²) in [5.41, 5.74) is 1.82. The molecule has 0 bridgehead atoms. The second kappa shape index (κ2) is 11.6. The van der Waals surface area contributed by atoms with Gasteiger partial charge in [-0.2, -0.15) is 0 Å². The first-order valence-electron chi connectivity index (χ1n) is 12.2. The topological polar surface area (TPSA) is 67.9 Å². The van der Waals surface area contributed by atoms with Crippen LogP contribution >= 0.6 is 11.6 Å². The number of fused-ring (bicyclic) bond motifs is 1. The van der Waals surface area contributed by atoms with E-state index in [0.29, 0.717) is 37.0 Å². The molecule has 0 radical (unpaired) electrons. The van der Waals surface area contributed by atoms with E-state index in [-0.39, 0.29) is 24.3 Å². The van der Waals surface area contributed by atoms with Crippen molar-refractivity contribution in [2.45, 2.75) is 70.5 Å². The van der Waals surface area contributed by atoms with Crippen molar-refractivity contribution in [3.8, 4) is 11.5 Å². The van der Waals surface area contributed by atoms with E-state index in [2.05, 4.69) is 5.32 Å². The van der Waals surface area contributed by atoms with Crippen molar-refractivity contribution < 1.29 is 19.1 Å². The van der Waals surface area contributed by atoms with Gasteiger partial charge in [0.2, 0.25) is 11.8 Å². The molecular formula is C27H33ClN2O4. The summed E-state index contributed by atoms with van der Waals surface area (Å²) < 4.78 is 11.2. The largest absolute Gasteiger partial charge is 0.486 e. The average molecular weight is 485 g/mol.